The first-order valence-corrected chi connectivity index (χ1v) is 8.01. The van der Waals surface area contributed by atoms with Crippen molar-refractivity contribution in [3.05, 3.63) is 35.9 Å². The van der Waals surface area contributed by atoms with Gasteiger partial charge in [-0.05, 0) is 50.0 Å². The molecule has 0 saturated heterocycles. The summed E-state index contributed by atoms with van der Waals surface area (Å²) < 4.78 is 0. The maximum atomic E-state index is 3.79. The molecule has 0 aliphatic heterocycles. The zero-order chi connectivity index (χ0) is 13.6. The van der Waals surface area contributed by atoms with Gasteiger partial charge in [-0.15, -0.1) is 0 Å². The van der Waals surface area contributed by atoms with Crippen molar-refractivity contribution in [1.82, 2.24) is 5.32 Å². The van der Waals surface area contributed by atoms with Crippen LogP contribution in [0.1, 0.15) is 57.9 Å². The van der Waals surface area contributed by atoms with Gasteiger partial charge in [-0.3, -0.25) is 0 Å². The molecule has 0 radical (unpaired) electrons. The highest BCUT2D eigenvalue weighted by atomic mass is 14.9. The third kappa shape index (κ3) is 4.35. The summed E-state index contributed by atoms with van der Waals surface area (Å²) in [6.07, 6.45) is 9.51. The third-order valence-electron chi connectivity index (χ3n) is 4.95. The molecule has 2 rings (SSSR count). The Hall–Kier alpha value is -0.820. The van der Waals surface area contributed by atoms with E-state index in [1.165, 1.54) is 57.1 Å². The second kappa shape index (κ2) is 7.09. The zero-order valence-electron chi connectivity index (χ0n) is 12.6. The summed E-state index contributed by atoms with van der Waals surface area (Å²) in [5, 5.41) is 3.79. The van der Waals surface area contributed by atoms with Crippen LogP contribution in [0.3, 0.4) is 0 Å². The average molecular weight is 259 g/mol. The Balaban J connectivity index is 1.71. The molecular weight excluding hydrogens is 230 g/mol. The molecule has 1 saturated carbocycles. The summed E-state index contributed by atoms with van der Waals surface area (Å²) in [4.78, 5) is 0. The molecule has 1 atom stereocenters. The van der Waals surface area contributed by atoms with Crippen molar-refractivity contribution in [1.29, 1.82) is 0 Å². The lowest BCUT2D eigenvalue weighted by Crippen LogP contribution is -2.37. The van der Waals surface area contributed by atoms with Crippen LogP contribution in [0.15, 0.2) is 30.3 Å². The summed E-state index contributed by atoms with van der Waals surface area (Å²) in [6, 6.07) is 11.5. The zero-order valence-corrected chi connectivity index (χ0v) is 12.6. The molecule has 1 aliphatic carbocycles. The van der Waals surface area contributed by atoms with E-state index in [1.54, 1.807) is 0 Å². The summed E-state index contributed by atoms with van der Waals surface area (Å²) in [5.41, 5.74) is 2.07. The lowest BCUT2D eigenvalue weighted by Gasteiger charge is -2.29. The van der Waals surface area contributed by atoms with Gasteiger partial charge in [0.25, 0.3) is 0 Å². The van der Waals surface area contributed by atoms with Crippen molar-refractivity contribution in [2.45, 2.75) is 64.8 Å². The van der Waals surface area contributed by atoms with E-state index in [-0.39, 0.29) is 0 Å². The van der Waals surface area contributed by atoms with Gasteiger partial charge in [0.2, 0.25) is 0 Å². The van der Waals surface area contributed by atoms with Crippen LogP contribution in [0, 0.1) is 5.41 Å². The molecule has 1 heteroatoms. The fourth-order valence-electron chi connectivity index (χ4n) is 3.30. The minimum atomic E-state index is 0.612. The second-order valence-corrected chi connectivity index (χ2v) is 6.37. The second-order valence-electron chi connectivity index (χ2n) is 6.37. The predicted octanol–water partition coefficient (Wildman–Crippen LogP) is 4.57. The highest BCUT2D eigenvalue weighted by molar-refractivity contribution is 5.14. The molecule has 0 amide bonds. The largest absolute Gasteiger partial charge is 0.314 e. The highest BCUT2D eigenvalue weighted by Gasteiger charge is 2.31. The van der Waals surface area contributed by atoms with Crippen molar-refractivity contribution >= 4 is 0 Å². The molecule has 1 nitrogen and oxygen atoms in total. The monoisotopic (exact) mass is 259 g/mol. The number of aryl methyl sites for hydroxylation is 1. The number of hydrogen-bond acceptors (Lipinski definition) is 1. The number of nitrogens with one attached hydrogen (secondary N) is 1. The number of rotatable bonds is 7. The Morgan fingerprint density at radius 3 is 2.47 bits per heavy atom. The Morgan fingerprint density at radius 2 is 1.84 bits per heavy atom. The van der Waals surface area contributed by atoms with Crippen LogP contribution in [-0.2, 0) is 6.42 Å². The molecule has 1 aromatic carbocycles. The van der Waals surface area contributed by atoms with Gasteiger partial charge in [0.1, 0.15) is 0 Å². The van der Waals surface area contributed by atoms with E-state index < -0.39 is 0 Å². The summed E-state index contributed by atoms with van der Waals surface area (Å²) in [7, 11) is 0. The molecule has 1 aliphatic rings. The van der Waals surface area contributed by atoms with Crippen molar-refractivity contribution in [2.75, 3.05) is 6.54 Å². The highest BCUT2D eigenvalue weighted by Crippen LogP contribution is 2.40. The lowest BCUT2D eigenvalue weighted by atomic mass is 9.83. The maximum absolute atomic E-state index is 3.79. The minimum absolute atomic E-state index is 0.612. The molecule has 0 bridgehead atoms. The molecule has 1 aromatic rings. The van der Waals surface area contributed by atoms with E-state index >= 15 is 0 Å². The molecule has 1 unspecified atom stereocenters. The van der Waals surface area contributed by atoms with Crippen LogP contribution in [0.2, 0.25) is 0 Å². The summed E-state index contributed by atoms with van der Waals surface area (Å²) in [5.74, 6) is 0. The quantitative estimate of drug-likeness (QED) is 0.756. The molecule has 1 N–H and O–H groups in total. The standard InChI is InChI=1S/C18H29N/c1-3-18(13-7-8-14-18)15-19-16(2)11-12-17-9-5-4-6-10-17/h4-6,9-10,16,19H,3,7-8,11-15H2,1-2H3. The van der Waals surface area contributed by atoms with Crippen LogP contribution in [0.25, 0.3) is 0 Å². The normalized spacial score (nSPS) is 19.5. The molecule has 0 heterocycles. The Bertz CT molecular complexity index is 351. The summed E-state index contributed by atoms with van der Waals surface area (Å²) >= 11 is 0. The number of hydrogen-bond donors (Lipinski definition) is 1. The number of benzene rings is 1. The van der Waals surface area contributed by atoms with Crippen LogP contribution in [0.5, 0.6) is 0 Å². The van der Waals surface area contributed by atoms with Gasteiger partial charge in [0.15, 0.2) is 0 Å². The van der Waals surface area contributed by atoms with Gasteiger partial charge in [0.05, 0.1) is 0 Å². The first-order valence-electron chi connectivity index (χ1n) is 8.01. The van der Waals surface area contributed by atoms with Crippen LogP contribution >= 0.6 is 0 Å². The van der Waals surface area contributed by atoms with Gasteiger partial charge in [-0.2, -0.15) is 0 Å². The van der Waals surface area contributed by atoms with Crippen LogP contribution in [-0.4, -0.2) is 12.6 Å². The van der Waals surface area contributed by atoms with Crippen LogP contribution in [0.4, 0.5) is 0 Å². The van der Waals surface area contributed by atoms with Gasteiger partial charge in [-0.25, -0.2) is 0 Å². The Labute approximate surface area is 118 Å². The van der Waals surface area contributed by atoms with E-state index in [0.29, 0.717) is 11.5 Å². The van der Waals surface area contributed by atoms with Gasteiger partial charge >= 0.3 is 0 Å². The molecule has 19 heavy (non-hydrogen) atoms. The van der Waals surface area contributed by atoms with E-state index in [0.717, 1.165) is 0 Å². The third-order valence-corrected chi connectivity index (χ3v) is 4.95. The fraction of sp³-hybridized carbons (Fsp3) is 0.667. The van der Waals surface area contributed by atoms with E-state index in [9.17, 15) is 0 Å². The first kappa shape index (κ1) is 14.6. The minimum Gasteiger partial charge on any atom is -0.314 e. The molecule has 1 fully saturated rings. The smallest absolute Gasteiger partial charge is 0.00421 e. The SMILES string of the molecule is CCC1(CNC(C)CCc2ccccc2)CCCC1. The van der Waals surface area contributed by atoms with Crippen molar-refractivity contribution in [2.24, 2.45) is 5.41 Å². The van der Waals surface area contributed by atoms with Crippen LogP contribution < -0.4 is 5.32 Å². The molecular formula is C18H29N. The van der Waals surface area contributed by atoms with E-state index in [1.807, 2.05) is 0 Å². The van der Waals surface area contributed by atoms with Crippen molar-refractivity contribution < 1.29 is 0 Å². The van der Waals surface area contributed by atoms with E-state index in [2.05, 4.69) is 49.5 Å². The maximum Gasteiger partial charge on any atom is 0.00421 e. The molecule has 106 valence electrons. The summed E-state index contributed by atoms with van der Waals surface area (Å²) in [6.45, 7) is 5.92. The van der Waals surface area contributed by atoms with Crippen molar-refractivity contribution in [3.63, 3.8) is 0 Å². The van der Waals surface area contributed by atoms with Gasteiger partial charge in [0, 0.05) is 12.6 Å². The molecule has 0 spiro atoms. The topological polar surface area (TPSA) is 12.0 Å². The van der Waals surface area contributed by atoms with Crippen molar-refractivity contribution in [3.8, 4) is 0 Å². The van der Waals surface area contributed by atoms with E-state index in [4.69, 9.17) is 0 Å². The Kier molecular flexibility index (Phi) is 5.45. The van der Waals surface area contributed by atoms with Gasteiger partial charge in [-0.1, -0.05) is 50.1 Å². The fourth-order valence-corrected chi connectivity index (χ4v) is 3.30. The predicted molar refractivity (Wildman–Crippen MR) is 83.4 cm³/mol. The Morgan fingerprint density at radius 1 is 1.16 bits per heavy atom. The molecule has 0 aromatic heterocycles. The first-order chi connectivity index (χ1) is 9.24. The average Bonchev–Trinajstić information content (AvgIpc) is 2.93. The van der Waals surface area contributed by atoms with Gasteiger partial charge < -0.3 is 5.32 Å². The lowest BCUT2D eigenvalue weighted by molar-refractivity contribution is 0.256.